The summed E-state index contributed by atoms with van der Waals surface area (Å²) >= 11 is 0. The van der Waals surface area contributed by atoms with E-state index in [4.69, 9.17) is 0 Å². The summed E-state index contributed by atoms with van der Waals surface area (Å²) in [5.74, 6) is -1.04. The van der Waals surface area contributed by atoms with Gasteiger partial charge in [-0.05, 0) is 24.3 Å². The van der Waals surface area contributed by atoms with E-state index in [0.29, 0.717) is 11.0 Å². The Morgan fingerprint density at radius 3 is 2.26 bits per heavy atom. The molecule has 92 valence electrons. The van der Waals surface area contributed by atoms with Crippen LogP contribution in [0.3, 0.4) is 0 Å². The minimum absolute atomic E-state index is 0.0288. The van der Waals surface area contributed by atoms with Gasteiger partial charge in [-0.1, -0.05) is 12.1 Å². The lowest BCUT2D eigenvalue weighted by molar-refractivity contribution is 0.100. The van der Waals surface area contributed by atoms with Crippen LogP contribution in [0, 0.1) is 4.91 Å². The van der Waals surface area contributed by atoms with Gasteiger partial charge in [-0.2, -0.15) is 0 Å². The maximum atomic E-state index is 11.4. The number of carbonyl (C=O) groups excluding carboxylic acids is 1. The lowest BCUT2D eigenvalue weighted by atomic mass is 10.1. The van der Waals surface area contributed by atoms with Crippen LogP contribution in [0.2, 0.25) is 0 Å². The first-order valence-electron chi connectivity index (χ1n) is 5.47. The average molecular weight is 253 g/mol. The van der Waals surface area contributed by atoms with Gasteiger partial charge in [-0.15, -0.1) is 4.91 Å². The van der Waals surface area contributed by atoms with Gasteiger partial charge in [-0.3, -0.25) is 4.79 Å². The molecule has 2 aromatic carbocycles. The zero-order valence-corrected chi connectivity index (χ0v) is 9.57. The van der Waals surface area contributed by atoms with Crippen molar-refractivity contribution >= 4 is 28.0 Å². The summed E-state index contributed by atoms with van der Waals surface area (Å²) in [4.78, 5) is 30.3. The van der Waals surface area contributed by atoms with E-state index in [2.05, 4.69) is 15.1 Å². The number of rotatable bonds is 1. The molecule has 0 fully saturated rings. The summed E-state index contributed by atoms with van der Waals surface area (Å²) in [7, 11) is 0. The van der Waals surface area contributed by atoms with Crippen molar-refractivity contribution in [3.8, 4) is 5.75 Å². The van der Waals surface area contributed by atoms with Crippen LogP contribution < -0.4 is 0 Å². The van der Waals surface area contributed by atoms with Crippen molar-refractivity contribution in [2.75, 3.05) is 0 Å². The highest BCUT2D eigenvalue weighted by Crippen LogP contribution is 2.27. The van der Waals surface area contributed by atoms with Crippen LogP contribution >= 0.6 is 0 Å². The van der Waals surface area contributed by atoms with Gasteiger partial charge < -0.3 is 5.11 Å². The van der Waals surface area contributed by atoms with Crippen LogP contribution in [-0.4, -0.2) is 21.0 Å². The van der Waals surface area contributed by atoms with E-state index < -0.39 is 5.91 Å². The second kappa shape index (κ2) is 4.09. The van der Waals surface area contributed by atoms with Crippen molar-refractivity contribution in [1.82, 2.24) is 9.97 Å². The first-order chi connectivity index (χ1) is 9.20. The van der Waals surface area contributed by atoms with Gasteiger partial charge >= 0.3 is 5.91 Å². The minimum atomic E-state index is -0.936. The molecule has 6 heteroatoms. The van der Waals surface area contributed by atoms with Crippen LogP contribution in [-0.2, 0) is 0 Å². The van der Waals surface area contributed by atoms with Crippen LogP contribution in [0.4, 0.5) is 0 Å². The van der Waals surface area contributed by atoms with E-state index in [1.807, 2.05) is 0 Å². The lowest BCUT2D eigenvalue weighted by Crippen LogP contribution is -1.98. The third-order valence-corrected chi connectivity index (χ3v) is 2.79. The molecule has 1 heterocycles. The van der Waals surface area contributed by atoms with E-state index in [-0.39, 0.29) is 22.3 Å². The summed E-state index contributed by atoms with van der Waals surface area (Å²) in [6, 6.07) is 9.66. The zero-order chi connectivity index (χ0) is 13.4. The molecular weight excluding hydrogens is 246 g/mol. The maximum Gasteiger partial charge on any atom is 0.319 e. The monoisotopic (exact) mass is 253 g/mol. The maximum absolute atomic E-state index is 11.4. The van der Waals surface area contributed by atoms with E-state index in [0.717, 1.165) is 0 Å². The van der Waals surface area contributed by atoms with Crippen LogP contribution in [0.1, 0.15) is 10.4 Å². The smallest absolute Gasteiger partial charge is 0.319 e. The Labute approximate surface area is 106 Å². The molecule has 1 N–H and O–H groups in total. The number of aromatic nitrogens is 2. The summed E-state index contributed by atoms with van der Waals surface area (Å²) in [5, 5.41) is 12.2. The van der Waals surface area contributed by atoms with Crippen molar-refractivity contribution < 1.29 is 9.90 Å². The summed E-state index contributed by atoms with van der Waals surface area (Å²) in [6.45, 7) is 0. The van der Waals surface area contributed by atoms with E-state index in [1.54, 1.807) is 24.3 Å². The van der Waals surface area contributed by atoms with Crippen LogP contribution in [0.25, 0.3) is 22.1 Å². The largest absolute Gasteiger partial charge is 0.506 e. The first kappa shape index (κ1) is 11.2. The van der Waals surface area contributed by atoms with E-state index in [9.17, 15) is 14.8 Å². The predicted molar refractivity (Wildman–Crippen MR) is 68.8 cm³/mol. The standard InChI is InChI=1S/C13H7N3O3/c17-10-6-5-7(13(18)16-19)11-12(10)15-9-4-2-1-3-8(9)14-11/h1-6,17H. The topological polar surface area (TPSA) is 92.5 Å². The van der Waals surface area contributed by atoms with Gasteiger partial charge in [0.15, 0.2) is 0 Å². The Morgan fingerprint density at radius 1 is 1.00 bits per heavy atom. The van der Waals surface area contributed by atoms with Gasteiger partial charge in [-0.25, -0.2) is 9.97 Å². The Morgan fingerprint density at radius 2 is 1.63 bits per heavy atom. The first-order valence-corrected chi connectivity index (χ1v) is 5.47. The van der Waals surface area contributed by atoms with Crippen molar-refractivity contribution in [1.29, 1.82) is 0 Å². The van der Waals surface area contributed by atoms with Gasteiger partial charge in [0.25, 0.3) is 0 Å². The van der Waals surface area contributed by atoms with Crippen LogP contribution in [0.15, 0.2) is 41.6 Å². The highest BCUT2D eigenvalue weighted by atomic mass is 16.3. The molecule has 0 aliphatic heterocycles. The highest BCUT2D eigenvalue weighted by molar-refractivity contribution is 6.07. The number of carbonyl (C=O) groups is 1. The fourth-order valence-corrected chi connectivity index (χ4v) is 1.91. The predicted octanol–water partition coefficient (Wildman–Crippen LogP) is 2.40. The molecule has 0 unspecified atom stereocenters. The third kappa shape index (κ3) is 1.70. The second-order valence-corrected chi connectivity index (χ2v) is 3.94. The number of aromatic hydroxyl groups is 1. The molecule has 0 atom stereocenters. The molecule has 19 heavy (non-hydrogen) atoms. The lowest BCUT2D eigenvalue weighted by Gasteiger charge is -2.05. The molecule has 0 bridgehead atoms. The minimum Gasteiger partial charge on any atom is -0.506 e. The molecule has 0 saturated heterocycles. The number of fused-ring (bicyclic) bond motifs is 2. The summed E-state index contributed by atoms with van der Waals surface area (Å²) in [5.41, 5.74) is 1.53. The fourth-order valence-electron chi connectivity index (χ4n) is 1.91. The van der Waals surface area contributed by atoms with Crippen molar-refractivity contribution in [2.24, 2.45) is 5.18 Å². The average Bonchev–Trinajstić information content (AvgIpc) is 2.45. The summed E-state index contributed by atoms with van der Waals surface area (Å²) < 4.78 is 0. The zero-order valence-electron chi connectivity index (χ0n) is 9.57. The number of para-hydroxylation sites is 2. The molecule has 3 aromatic rings. The van der Waals surface area contributed by atoms with Gasteiger partial charge in [0, 0.05) is 5.18 Å². The Bertz CT molecular complexity index is 830. The SMILES string of the molecule is O=NC(=O)c1ccc(O)c2nc3ccccc3nc12. The second-order valence-electron chi connectivity index (χ2n) is 3.94. The Balaban J connectivity index is 2.48. The Kier molecular flexibility index (Phi) is 2.42. The van der Waals surface area contributed by atoms with Crippen molar-refractivity contribution in [3.05, 3.63) is 46.9 Å². The number of nitroso groups, excluding NO2 is 1. The molecule has 0 spiro atoms. The normalized spacial score (nSPS) is 10.7. The molecule has 1 amide bonds. The quantitative estimate of drug-likeness (QED) is 0.531. The third-order valence-electron chi connectivity index (χ3n) is 2.79. The number of hydrogen-bond acceptors (Lipinski definition) is 5. The molecule has 0 aliphatic rings. The highest BCUT2D eigenvalue weighted by Gasteiger charge is 2.15. The number of hydrogen-bond donors (Lipinski definition) is 1. The molecule has 6 nitrogen and oxygen atoms in total. The van der Waals surface area contributed by atoms with E-state index in [1.165, 1.54) is 12.1 Å². The summed E-state index contributed by atoms with van der Waals surface area (Å²) in [6.07, 6.45) is 0. The van der Waals surface area contributed by atoms with Gasteiger partial charge in [0.2, 0.25) is 0 Å². The van der Waals surface area contributed by atoms with Crippen molar-refractivity contribution in [2.45, 2.75) is 0 Å². The number of phenols is 1. The molecule has 0 radical (unpaired) electrons. The number of phenolic OH excluding ortho intramolecular Hbond substituents is 1. The fraction of sp³-hybridized carbons (Fsp3) is 0. The van der Waals surface area contributed by atoms with Crippen molar-refractivity contribution in [3.63, 3.8) is 0 Å². The Hall–Kier alpha value is -2.89. The van der Waals surface area contributed by atoms with Crippen LogP contribution in [0.5, 0.6) is 5.75 Å². The molecular formula is C13H7N3O3. The number of nitrogens with zero attached hydrogens (tertiary/aromatic N) is 3. The number of amides is 1. The number of benzene rings is 2. The molecule has 1 aromatic heterocycles. The van der Waals surface area contributed by atoms with E-state index >= 15 is 0 Å². The molecule has 0 aliphatic carbocycles. The molecule has 0 saturated carbocycles. The van der Waals surface area contributed by atoms with Gasteiger partial charge in [0.1, 0.15) is 16.8 Å². The van der Waals surface area contributed by atoms with Gasteiger partial charge in [0.05, 0.1) is 16.6 Å². The molecule has 3 rings (SSSR count).